The minimum Gasteiger partial charge on any atom is -0.345 e. The van der Waals surface area contributed by atoms with Crippen molar-refractivity contribution in [3.63, 3.8) is 0 Å². The van der Waals surface area contributed by atoms with Crippen molar-refractivity contribution in [3.05, 3.63) is 47.2 Å². The van der Waals surface area contributed by atoms with E-state index in [1.165, 1.54) is 12.1 Å². The van der Waals surface area contributed by atoms with Crippen LogP contribution in [0.1, 0.15) is 5.56 Å². The number of amides is 1. The number of hydrogen-bond donors (Lipinski definition) is 0. The van der Waals surface area contributed by atoms with E-state index < -0.39 is 0 Å². The lowest BCUT2D eigenvalue weighted by atomic mass is 10.2. The molecule has 1 aliphatic heterocycles. The molecule has 0 spiro atoms. The first-order chi connectivity index (χ1) is 10.7. The Balaban J connectivity index is 1.59. The topological polar surface area (TPSA) is 36.4 Å². The number of benzene rings is 1. The largest absolute Gasteiger partial charge is 0.345 e. The second kappa shape index (κ2) is 6.58. The standard InChI is InChI=1S/C16H14FN3OS/c17-14-3-1-2-13(12-14)4-5-15(21)19-7-9-20(10-8-19)16-18-6-11-22-16/h1-3,6,11-12H,7-10H2. The van der Waals surface area contributed by atoms with Gasteiger partial charge >= 0.3 is 0 Å². The van der Waals surface area contributed by atoms with E-state index in [4.69, 9.17) is 0 Å². The number of carbonyl (C=O) groups is 1. The van der Waals surface area contributed by atoms with Crippen LogP contribution in [0.4, 0.5) is 9.52 Å². The van der Waals surface area contributed by atoms with E-state index in [-0.39, 0.29) is 11.7 Å². The highest BCUT2D eigenvalue weighted by Gasteiger charge is 2.21. The van der Waals surface area contributed by atoms with Crippen molar-refractivity contribution in [3.8, 4) is 11.8 Å². The van der Waals surface area contributed by atoms with Gasteiger partial charge < -0.3 is 9.80 Å². The lowest BCUT2D eigenvalue weighted by Gasteiger charge is -2.33. The van der Waals surface area contributed by atoms with Crippen molar-refractivity contribution >= 4 is 22.4 Å². The Morgan fingerprint density at radius 1 is 1.27 bits per heavy atom. The summed E-state index contributed by atoms with van der Waals surface area (Å²) in [6, 6.07) is 5.94. The molecule has 3 rings (SSSR count). The Morgan fingerprint density at radius 2 is 2.09 bits per heavy atom. The molecule has 1 fully saturated rings. The number of piperazine rings is 1. The van der Waals surface area contributed by atoms with Crippen LogP contribution in [-0.4, -0.2) is 42.0 Å². The van der Waals surface area contributed by atoms with Crippen molar-refractivity contribution in [2.24, 2.45) is 0 Å². The summed E-state index contributed by atoms with van der Waals surface area (Å²) in [7, 11) is 0. The van der Waals surface area contributed by atoms with Crippen molar-refractivity contribution in [1.82, 2.24) is 9.88 Å². The number of aromatic nitrogens is 1. The Hall–Kier alpha value is -2.39. The van der Waals surface area contributed by atoms with Gasteiger partial charge in [0.05, 0.1) is 0 Å². The summed E-state index contributed by atoms with van der Waals surface area (Å²) < 4.78 is 13.1. The van der Waals surface area contributed by atoms with Gasteiger partial charge in [-0.15, -0.1) is 11.3 Å². The van der Waals surface area contributed by atoms with E-state index in [9.17, 15) is 9.18 Å². The monoisotopic (exact) mass is 315 g/mol. The number of nitrogens with zero attached hydrogens (tertiary/aromatic N) is 3. The van der Waals surface area contributed by atoms with Crippen LogP contribution in [0.2, 0.25) is 0 Å². The molecule has 0 saturated carbocycles. The first-order valence-corrected chi connectivity index (χ1v) is 7.81. The molecule has 1 amide bonds. The van der Waals surface area contributed by atoms with E-state index >= 15 is 0 Å². The fourth-order valence-corrected chi connectivity index (χ4v) is 2.94. The number of anilines is 1. The van der Waals surface area contributed by atoms with Gasteiger partial charge in [-0.25, -0.2) is 9.37 Å². The lowest BCUT2D eigenvalue weighted by Crippen LogP contribution is -2.48. The molecule has 0 atom stereocenters. The molecule has 0 bridgehead atoms. The maximum atomic E-state index is 13.1. The third-order valence-corrected chi connectivity index (χ3v) is 4.23. The highest BCUT2D eigenvalue weighted by molar-refractivity contribution is 7.13. The molecule has 0 unspecified atom stereocenters. The molecular weight excluding hydrogens is 301 g/mol. The molecule has 0 N–H and O–H groups in total. The minimum absolute atomic E-state index is 0.219. The zero-order chi connectivity index (χ0) is 15.4. The molecule has 0 aliphatic carbocycles. The lowest BCUT2D eigenvalue weighted by molar-refractivity contribution is -0.125. The molecule has 2 aromatic rings. The molecule has 0 radical (unpaired) electrons. The Morgan fingerprint density at radius 3 is 2.77 bits per heavy atom. The second-order valence-corrected chi connectivity index (χ2v) is 5.73. The molecule has 1 saturated heterocycles. The summed E-state index contributed by atoms with van der Waals surface area (Å²) in [6.45, 7) is 2.74. The minimum atomic E-state index is -0.351. The highest BCUT2D eigenvalue weighted by Crippen LogP contribution is 2.18. The predicted molar refractivity (Wildman–Crippen MR) is 84.2 cm³/mol. The quantitative estimate of drug-likeness (QED) is 0.755. The van der Waals surface area contributed by atoms with Gasteiger partial charge in [-0.2, -0.15) is 0 Å². The number of hydrogen-bond acceptors (Lipinski definition) is 4. The van der Waals surface area contributed by atoms with Gasteiger partial charge in [-0.1, -0.05) is 12.0 Å². The summed E-state index contributed by atoms with van der Waals surface area (Å²) in [5.74, 6) is 4.73. The van der Waals surface area contributed by atoms with Gasteiger partial charge in [0.2, 0.25) is 0 Å². The summed E-state index contributed by atoms with van der Waals surface area (Å²) in [5, 5.41) is 2.93. The molecule has 1 aliphatic rings. The molecule has 1 aromatic carbocycles. The molecule has 4 nitrogen and oxygen atoms in total. The zero-order valence-corrected chi connectivity index (χ0v) is 12.6. The molecule has 22 heavy (non-hydrogen) atoms. The van der Waals surface area contributed by atoms with E-state index in [1.54, 1.807) is 34.6 Å². The molecule has 112 valence electrons. The van der Waals surface area contributed by atoms with Gasteiger partial charge in [0.1, 0.15) is 5.82 Å². The van der Waals surface area contributed by atoms with E-state index in [0.29, 0.717) is 18.7 Å². The third kappa shape index (κ3) is 3.43. The van der Waals surface area contributed by atoms with Crippen molar-refractivity contribution in [2.75, 3.05) is 31.1 Å². The summed E-state index contributed by atoms with van der Waals surface area (Å²) in [6.07, 6.45) is 1.78. The smallest absolute Gasteiger partial charge is 0.298 e. The van der Waals surface area contributed by atoms with E-state index in [2.05, 4.69) is 21.7 Å². The number of thiazole rings is 1. The summed E-state index contributed by atoms with van der Waals surface area (Å²) in [4.78, 5) is 20.2. The highest BCUT2D eigenvalue weighted by atomic mass is 32.1. The van der Waals surface area contributed by atoms with Crippen LogP contribution in [0.15, 0.2) is 35.8 Å². The fourth-order valence-electron chi connectivity index (χ4n) is 2.24. The second-order valence-electron chi connectivity index (χ2n) is 4.85. The van der Waals surface area contributed by atoms with Crippen LogP contribution in [-0.2, 0) is 4.79 Å². The van der Waals surface area contributed by atoms with Crippen molar-refractivity contribution in [2.45, 2.75) is 0 Å². The maximum absolute atomic E-state index is 13.1. The van der Waals surface area contributed by atoms with Crippen molar-refractivity contribution in [1.29, 1.82) is 0 Å². The van der Waals surface area contributed by atoms with E-state index in [1.807, 2.05) is 5.38 Å². The van der Waals surface area contributed by atoms with Gasteiger partial charge in [0.25, 0.3) is 5.91 Å². The number of halogens is 1. The normalized spacial score (nSPS) is 14.4. The summed E-state index contributed by atoms with van der Waals surface area (Å²) >= 11 is 1.60. The Bertz CT molecular complexity index is 712. The van der Waals surface area contributed by atoms with Crippen LogP contribution in [0.25, 0.3) is 0 Å². The average molecular weight is 315 g/mol. The first kappa shape index (κ1) is 14.5. The van der Waals surface area contributed by atoms with Crippen LogP contribution in [0, 0.1) is 17.7 Å². The first-order valence-electron chi connectivity index (χ1n) is 6.93. The van der Waals surface area contributed by atoms with E-state index in [0.717, 1.165) is 18.2 Å². The Kier molecular flexibility index (Phi) is 4.35. The van der Waals surface area contributed by atoms with Gasteiger partial charge in [0.15, 0.2) is 5.13 Å². The number of carbonyl (C=O) groups excluding carboxylic acids is 1. The van der Waals surface area contributed by atoms with Crippen LogP contribution in [0.5, 0.6) is 0 Å². The zero-order valence-electron chi connectivity index (χ0n) is 11.8. The number of rotatable bonds is 1. The van der Waals surface area contributed by atoms with Crippen molar-refractivity contribution < 1.29 is 9.18 Å². The van der Waals surface area contributed by atoms with Crippen LogP contribution in [0.3, 0.4) is 0 Å². The predicted octanol–water partition coefficient (Wildman–Crippen LogP) is 1.98. The fraction of sp³-hybridized carbons (Fsp3) is 0.250. The SMILES string of the molecule is O=C(C#Cc1cccc(F)c1)N1CCN(c2nccs2)CC1. The molecule has 2 heterocycles. The maximum Gasteiger partial charge on any atom is 0.298 e. The Labute approximate surface area is 132 Å². The third-order valence-electron chi connectivity index (χ3n) is 3.40. The van der Waals surface area contributed by atoms with Gasteiger partial charge in [-0.3, -0.25) is 4.79 Å². The van der Waals surface area contributed by atoms with Gasteiger partial charge in [0, 0.05) is 49.2 Å². The molecule has 1 aromatic heterocycles. The van der Waals surface area contributed by atoms with Crippen LogP contribution >= 0.6 is 11.3 Å². The average Bonchev–Trinajstić information content (AvgIpc) is 3.07. The van der Waals surface area contributed by atoms with Crippen LogP contribution < -0.4 is 4.90 Å². The molecule has 6 heteroatoms. The van der Waals surface area contributed by atoms with Gasteiger partial charge in [-0.05, 0) is 18.2 Å². The molecular formula is C16H14FN3OS. The summed E-state index contributed by atoms with van der Waals surface area (Å²) in [5.41, 5.74) is 0.509.